The molecule has 1 aromatic carbocycles. The first-order chi connectivity index (χ1) is 9.31. The number of hydrogen-bond donors (Lipinski definition) is 0. The van der Waals surface area contributed by atoms with E-state index >= 15 is 0 Å². The van der Waals surface area contributed by atoms with Crippen LogP contribution in [0.4, 0.5) is 4.39 Å². The van der Waals surface area contributed by atoms with E-state index in [-0.39, 0.29) is 5.82 Å². The van der Waals surface area contributed by atoms with Crippen molar-refractivity contribution in [2.45, 2.75) is 32.0 Å². The fraction of sp³-hybridized carbons (Fsp3) is 0.312. The molecule has 98 valence electrons. The van der Waals surface area contributed by atoms with Gasteiger partial charge in [-0.3, -0.25) is 9.88 Å². The number of nitrogens with zero attached hydrogens (tertiary/aromatic N) is 2. The molecule has 1 heterocycles. The molecule has 1 aliphatic carbocycles. The Morgan fingerprint density at radius 2 is 1.79 bits per heavy atom. The Bertz CT molecular complexity index is 537. The lowest BCUT2D eigenvalue weighted by Gasteiger charge is -2.22. The summed E-state index contributed by atoms with van der Waals surface area (Å²) in [6.07, 6.45) is 6.14. The van der Waals surface area contributed by atoms with E-state index in [1.807, 2.05) is 30.6 Å². The predicted molar refractivity (Wildman–Crippen MR) is 72.9 cm³/mol. The third-order valence-corrected chi connectivity index (χ3v) is 3.47. The summed E-state index contributed by atoms with van der Waals surface area (Å²) in [6.45, 7) is 1.72. The molecule has 2 nitrogen and oxygen atoms in total. The van der Waals surface area contributed by atoms with Crippen molar-refractivity contribution in [1.82, 2.24) is 9.88 Å². The molecule has 1 saturated carbocycles. The van der Waals surface area contributed by atoms with E-state index in [2.05, 4.69) is 9.88 Å². The molecule has 3 heteroatoms. The second-order valence-corrected chi connectivity index (χ2v) is 5.12. The molecule has 0 aliphatic heterocycles. The van der Waals surface area contributed by atoms with Gasteiger partial charge in [0, 0.05) is 31.5 Å². The first-order valence-electron chi connectivity index (χ1n) is 6.69. The summed E-state index contributed by atoms with van der Waals surface area (Å²) in [5.74, 6) is -0.155. The molecule has 1 aliphatic rings. The SMILES string of the molecule is Fc1cccc(CN(Cc2ccncc2)C2CC2)c1. The van der Waals surface area contributed by atoms with Crippen molar-refractivity contribution in [2.75, 3.05) is 0 Å². The van der Waals surface area contributed by atoms with Gasteiger partial charge in [-0.2, -0.15) is 0 Å². The maximum Gasteiger partial charge on any atom is 0.123 e. The minimum atomic E-state index is -0.155. The monoisotopic (exact) mass is 256 g/mol. The van der Waals surface area contributed by atoms with E-state index in [1.54, 1.807) is 12.1 Å². The predicted octanol–water partition coefficient (Wildman–Crippen LogP) is 3.39. The van der Waals surface area contributed by atoms with Gasteiger partial charge < -0.3 is 0 Å². The van der Waals surface area contributed by atoms with Crippen molar-refractivity contribution in [2.24, 2.45) is 0 Å². The lowest BCUT2D eigenvalue weighted by molar-refractivity contribution is 0.245. The maximum absolute atomic E-state index is 13.2. The van der Waals surface area contributed by atoms with E-state index in [9.17, 15) is 4.39 Å². The van der Waals surface area contributed by atoms with Gasteiger partial charge in [0.05, 0.1) is 0 Å². The van der Waals surface area contributed by atoms with E-state index in [4.69, 9.17) is 0 Å². The largest absolute Gasteiger partial charge is 0.292 e. The van der Waals surface area contributed by atoms with Gasteiger partial charge in [-0.05, 0) is 48.2 Å². The molecule has 1 fully saturated rings. The fourth-order valence-electron chi connectivity index (χ4n) is 2.35. The zero-order valence-electron chi connectivity index (χ0n) is 10.8. The third-order valence-electron chi connectivity index (χ3n) is 3.47. The lowest BCUT2D eigenvalue weighted by Crippen LogP contribution is -2.25. The molecule has 0 bridgehead atoms. The van der Waals surface area contributed by atoms with E-state index in [0.717, 1.165) is 18.7 Å². The van der Waals surface area contributed by atoms with Crippen LogP contribution >= 0.6 is 0 Å². The lowest BCUT2D eigenvalue weighted by atomic mass is 10.2. The van der Waals surface area contributed by atoms with Gasteiger partial charge in [-0.1, -0.05) is 12.1 Å². The van der Waals surface area contributed by atoms with E-state index in [1.165, 1.54) is 24.5 Å². The molecule has 0 atom stereocenters. The maximum atomic E-state index is 13.2. The van der Waals surface area contributed by atoms with Crippen LogP contribution in [0, 0.1) is 5.82 Å². The quantitative estimate of drug-likeness (QED) is 0.815. The molecule has 0 radical (unpaired) electrons. The first-order valence-corrected chi connectivity index (χ1v) is 6.69. The van der Waals surface area contributed by atoms with Crippen LogP contribution in [0.5, 0.6) is 0 Å². The van der Waals surface area contributed by atoms with Gasteiger partial charge in [0.25, 0.3) is 0 Å². The molecule has 2 aromatic rings. The van der Waals surface area contributed by atoms with Crippen LogP contribution < -0.4 is 0 Å². The fourth-order valence-corrected chi connectivity index (χ4v) is 2.35. The summed E-state index contributed by atoms with van der Waals surface area (Å²) in [4.78, 5) is 6.46. The van der Waals surface area contributed by atoms with Gasteiger partial charge in [0.1, 0.15) is 5.82 Å². The summed E-state index contributed by atoms with van der Waals surface area (Å²) in [7, 11) is 0. The highest BCUT2D eigenvalue weighted by atomic mass is 19.1. The molecule has 0 unspecified atom stereocenters. The Morgan fingerprint density at radius 3 is 2.47 bits per heavy atom. The molecule has 0 saturated heterocycles. The van der Waals surface area contributed by atoms with Crippen LogP contribution in [-0.4, -0.2) is 15.9 Å². The molecule has 1 aromatic heterocycles. The molecule has 3 rings (SSSR count). The van der Waals surface area contributed by atoms with Crippen molar-refractivity contribution in [3.63, 3.8) is 0 Å². The third kappa shape index (κ3) is 3.38. The number of benzene rings is 1. The van der Waals surface area contributed by atoms with Gasteiger partial charge in [0.15, 0.2) is 0 Å². The summed E-state index contributed by atoms with van der Waals surface area (Å²) < 4.78 is 13.2. The van der Waals surface area contributed by atoms with Crippen molar-refractivity contribution in [3.05, 3.63) is 65.7 Å². The average Bonchev–Trinajstić information content (AvgIpc) is 3.23. The highest BCUT2D eigenvalue weighted by Crippen LogP contribution is 2.29. The van der Waals surface area contributed by atoms with Crippen LogP contribution in [0.3, 0.4) is 0 Å². The van der Waals surface area contributed by atoms with Gasteiger partial charge in [-0.15, -0.1) is 0 Å². The zero-order valence-corrected chi connectivity index (χ0v) is 10.8. The Morgan fingerprint density at radius 1 is 1.05 bits per heavy atom. The number of pyridine rings is 1. The van der Waals surface area contributed by atoms with Gasteiger partial charge >= 0.3 is 0 Å². The molecular weight excluding hydrogens is 239 g/mol. The normalized spacial score (nSPS) is 14.8. The molecule has 0 spiro atoms. The number of rotatable bonds is 5. The highest BCUT2D eigenvalue weighted by molar-refractivity contribution is 5.17. The second-order valence-electron chi connectivity index (χ2n) is 5.12. The van der Waals surface area contributed by atoms with Crippen molar-refractivity contribution in [3.8, 4) is 0 Å². The Hall–Kier alpha value is -1.74. The average molecular weight is 256 g/mol. The van der Waals surface area contributed by atoms with E-state index < -0.39 is 0 Å². The Kier molecular flexibility index (Phi) is 3.56. The summed E-state index contributed by atoms with van der Waals surface area (Å²) >= 11 is 0. The number of halogens is 1. The first kappa shape index (κ1) is 12.3. The number of aromatic nitrogens is 1. The molecule has 0 amide bonds. The van der Waals surface area contributed by atoms with Crippen molar-refractivity contribution >= 4 is 0 Å². The van der Waals surface area contributed by atoms with Gasteiger partial charge in [-0.25, -0.2) is 4.39 Å². The van der Waals surface area contributed by atoms with E-state index in [0.29, 0.717) is 6.04 Å². The van der Waals surface area contributed by atoms with Crippen LogP contribution in [-0.2, 0) is 13.1 Å². The van der Waals surface area contributed by atoms with Crippen LogP contribution in [0.2, 0.25) is 0 Å². The summed E-state index contributed by atoms with van der Waals surface area (Å²) in [5, 5.41) is 0. The second kappa shape index (κ2) is 5.49. The van der Waals surface area contributed by atoms with Crippen LogP contribution in [0.1, 0.15) is 24.0 Å². The topological polar surface area (TPSA) is 16.1 Å². The zero-order chi connectivity index (χ0) is 13.1. The van der Waals surface area contributed by atoms with Crippen LogP contribution in [0.15, 0.2) is 48.8 Å². The standard InChI is InChI=1S/C16H17FN2/c17-15-3-1-2-14(10-15)12-19(16-4-5-16)11-13-6-8-18-9-7-13/h1-3,6-10,16H,4-5,11-12H2. The molecular formula is C16H17FN2. The Labute approximate surface area is 112 Å². The molecule has 19 heavy (non-hydrogen) atoms. The smallest absolute Gasteiger partial charge is 0.123 e. The van der Waals surface area contributed by atoms with Gasteiger partial charge in [0.2, 0.25) is 0 Å². The molecule has 0 N–H and O–H groups in total. The van der Waals surface area contributed by atoms with Crippen molar-refractivity contribution < 1.29 is 4.39 Å². The highest BCUT2D eigenvalue weighted by Gasteiger charge is 2.28. The minimum absolute atomic E-state index is 0.155. The summed E-state index contributed by atoms with van der Waals surface area (Å²) in [5.41, 5.74) is 2.30. The summed E-state index contributed by atoms with van der Waals surface area (Å²) in [6, 6.07) is 11.6. The van der Waals surface area contributed by atoms with Crippen LogP contribution in [0.25, 0.3) is 0 Å². The Balaban J connectivity index is 1.71. The number of hydrogen-bond acceptors (Lipinski definition) is 2. The minimum Gasteiger partial charge on any atom is -0.292 e. The van der Waals surface area contributed by atoms with Crippen molar-refractivity contribution in [1.29, 1.82) is 0 Å².